The number of anilines is 1. The van der Waals surface area contributed by atoms with Gasteiger partial charge in [-0.1, -0.05) is 12.1 Å². The topological polar surface area (TPSA) is 51.5 Å². The van der Waals surface area contributed by atoms with Crippen molar-refractivity contribution in [2.24, 2.45) is 0 Å². The second-order valence-electron chi connectivity index (χ2n) is 6.19. The van der Waals surface area contributed by atoms with Crippen molar-refractivity contribution < 1.29 is 4.74 Å². The first kappa shape index (κ1) is 14.4. The van der Waals surface area contributed by atoms with E-state index in [1.807, 2.05) is 34.9 Å². The Morgan fingerprint density at radius 3 is 2.68 bits per heavy atom. The largest absolute Gasteiger partial charge is 0.496 e. The molecule has 114 valence electrons. The number of fused-ring (bicyclic) bond motifs is 1. The number of benzene rings is 1. The van der Waals surface area contributed by atoms with Crippen molar-refractivity contribution in [3.8, 4) is 17.0 Å². The monoisotopic (exact) mass is 296 g/mol. The molecule has 3 rings (SSSR count). The molecule has 0 bridgehead atoms. The Morgan fingerprint density at radius 2 is 1.95 bits per heavy atom. The van der Waals surface area contributed by atoms with E-state index >= 15 is 0 Å². The Bertz CT molecular complexity index is 802. The molecule has 1 aromatic carbocycles. The highest BCUT2D eigenvalue weighted by atomic mass is 16.5. The number of imidazole rings is 1. The third-order valence-electron chi connectivity index (χ3n) is 3.29. The number of para-hydroxylation sites is 1. The van der Waals surface area contributed by atoms with Crippen LogP contribution in [0.4, 0.5) is 5.82 Å². The fourth-order valence-electron chi connectivity index (χ4n) is 2.41. The lowest BCUT2D eigenvalue weighted by Crippen LogP contribution is -2.27. The highest BCUT2D eigenvalue weighted by Crippen LogP contribution is 2.35. The lowest BCUT2D eigenvalue weighted by atomic mass is 10.1. The predicted octanol–water partition coefficient (Wildman–Crippen LogP) is 3.62. The van der Waals surface area contributed by atoms with E-state index in [4.69, 9.17) is 9.72 Å². The summed E-state index contributed by atoms with van der Waals surface area (Å²) in [6.45, 7) is 6.37. The van der Waals surface area contributed by atoms with Crippen LogP contribution < -0.4 is 10.1 Å². The number of hydrogen-bond acceptors (Lipinski definition) is 4. The molecule has 5 heteroatoms. The van der Waals surface area contributed by atoms with Gasteiger partial charge in [0.2, 0.25) is 0 Å². The van der Waals surface area contributed by atoms with E-state index in [-0.39, 0.29) is 5.54 Å². The fourth-order valence-corrected chi connectivity index (χ4v) is 2.41. The van der Waals surface area contributed by atoms with E-state index in [0.29, 0.717) is 0 Å². The Hall–Kier alpha value is -2.56. The maximum absolute atomic E-state index is 5.49. The molecule has 2 aromatic heterocycles. The number of aromatic nitrogens is 3. The summed E-state index contributed by atoms with van der Waals surface area (Å²) in [6.07, 6.45) is 5.43. The molecule has 3 aromatic rings. The van der Waals surface area contributed by atoms with E-state index in [1.165, 1.54) is 0 Å². The third-order valence-corrected chi connectivity index (χ3v) is 3.29. The van der Waals surface area contributed by atoms with Gasteiger partial charge in [-0.2, -0.15) is 0 Å². The summed E-state index contributed by atoms with van der Waals surface area (Å²) in [5, 5.41) is 3.54. The van der Waals surface area contributed by atoms with Gasteiger partial charge in [-0.25, -0.2) is 4.98 Å². The van der Waals surface area contributed by atoms with Crippen molar-refractivity contribution in [3.05, 3.63) is 42.9 Å². The minimum absolute atomic E-state index is 0.0873. The van der Waals surface area contributed by atoms with Gasteiger partial charge in [0, 0.05) is 23.5 Å². The van der Waals surface area contributed by atoms with Crippen molar-refractivity contribution in [1.29, 1.82) is 0 Å². The number of methoxy groups -OCH3 is 1. The van der Waals surface area contributed by atoms with Gasteiger partial charge in [-0.3, -0.25) is 9.38 Å². The minimum atomic E-state index is -0.0873. The second-order valence-corrected chi connectivity index (χ2v) is 6.19. The van der Waals surface area contributed by atoms with Crippen LogP contribution in [-0.2, 0) is 0 Å². The standard InChI is InChI=1S/C17H20N4O/c1-17(2,3)20-16-15(12-7-5-6-8-13(12)22-4)19-14-11-18-9-10-21(14)16/h5-11,20H,1-4H3. The van der Waals surface area contributed by atoms with Crippen molar-refractivity contribution in [1.82, 2.24) is 14.4 Å². The molecule has 0 aliphatic carbocycles. The Balaban J connectivity index is 2.26. The summed E-state index contributed by atoms with van der Waals surface area (Å²) in [4.78, 5) is 8.89. The van der Waals surface area contributed by atoms with Crippen LogP contribution in [0.5, 0.6) is 5.75 Å². The molecule has 0 fully saturated rings. The molecule has 0 saturated carbocycles. The Kier molecular flexibility index (Phi) is 3.48. The summed E-state index contributed by atoms with van der Waals surface area (Å²) < 4.78 is 7.50. The molecule has 22 heavy (non-hydrogen) atoms. The third kappa shape index (κ3) is 2.62. The van der Waals surface area contributed by atoms with E-state index < -0.39 is 0 Å². The van der Waals surface area contributed by atoms with E-state index in [9.17, 15) is 0 Å². The number of rotatable bonds is 3. The van der Waals surface area contributed by atoms with Crippen LogP contribution in [0, 0.1) is 0 Å². The van der Waals surface area contributed by atoms with Crippen LogP contribution in [0.15, 0.2) is 42.9 Å². The predicted molar refractivity (Wildman–Crippen MR) is 88.4 cm³/mol. The van der Waals surface area contributed by atoms with Crippen LogP contribution in [0.25, 0.3) is 16.9 Å². The Morgan fingerprint density at radius 1 is 1.18 bits per heavy atom. The van der Waals surface area contributed by atoms with Crippen LogP contribution in [0.2, 0.25) is 0 Å². The molecular formula is C17H20N4O. The van der Waals surface area contributed by atoms with Crippen LogP contribution in [-0.4, -0.2) is 27.0 Å². The van der Waals surface area contributed by atoms with Crippen molar-refractivity contribution in [2.45, 2.75) is 26.3 Å². The average Bonchev–Trinajstić information content (AvgIpc) is 2.84. The molecule has 0 aliphatic heterocycles. The molecule has 1 N–H and O–H groups in total. The van der Waals surface area contributed by atoms with Crippen molar-refractivity contribution in [3.63, 3.8) is 0 Å². The number of nitrogens with one attached hydrogen (secondary N) is 1. The summed E-state index contributed by atoms with van der Waals surface area (Å²) in [7, 11) is 1.67. The van der Waals surface area contributed by atoms with Gasteiger partial charge in [0.05, 0.1) is 13.3 Å². The normalized spacial score (nSPS) is 11.6. The fraction of sp³-hybridized carbons (Fsp3) is 0.294. The lowest BCUT2D eigenvalue weighted by Gasteiger charge is -2.22. The number of nitrogens with zero attached hydrogens (tertiary/aromatic N) is 3. The van der Waals surface area contributed by atoms with Gasteiger partial charge in [-0.05, 0) is 32.9 Å². The van der Waals surface area contributed by atoms with Gasteiger partial charge in [-0.15, -0.1) is 0 Å². The summed E-state index contributed by atoms with van der Waals surface area (Å²) in [5.74, 6) is 1.74. The Labute approximate surface area is 130 Å². The highest BCUT2D eigenvalue weighted by molar-refractivity contribution is 5.80. The van der Waals surface area contributed by atoms with Crippen LogP contribution >= 0.6 is 0 Å². The highest BCUT2D eigenvalue weighted by Gasteiger charge is 2.21. The molecule has 5 nitrogen and oxygen atoms in total. The van der Waals surface area contributed by atoms with E-state index in [0.717, 1.165) is 28.5 Å². The first-order valence-electron chi connectivity index (χ1n) is 7.23. The lowest BCUT2D eigenvalue weighted by molar-refractivity contribution is 0.416. The smallest absolute Gasteiger partial charge is 0.157 e. The zero-order valence-corrected chi connectivity index (χ0v) is 13.3. The van der Waals surface area contributed by atoms with E-state index in [2.05, 4.69) is 31.1 Å². The van der Waals surface area contributed by atoms with Gasteiger partial charge < -0.3 is 10.1 Å². The van der Waals surface area contributed by atoms with E-state index in [1.54, 1.807) is 19.5 Å². The molecular weight excluding hydrogens is 276 g/mol. The molecule has 0 aliphatic rings. The average molecular weight is 296 g/mol. The molecule has 0 amide bonds. The maximum atomic E-state index is 5.49. The molecule has 0 atom stereocenters. The maximum Gasteiger partial charge on any atom is 0.157 e. The van der Waals surface area contributed by atoms with Crippen molar-refractivity contribution in [2.75, 3.05) is 12.4 Å². The second kappa shape index (κ2) is 5.33. The first-order chi connectivity index (χ1) is 10.5. The molecule has 0 radical (unpaired) electrons. The number of ether oxygens (including phenoxy) is 1. The van der Waals surface area contributed by atoms with Gasteiger partial charge in [0.15, 0.2) is 5.65 Å². The van der Waals surface area contributed by atoms with Crippen molar-refractivity contribution >= 4 is 11.5 Å². The first-order valence-corrected chi connectivity index (χ1v) is 7.23. The molecule has 2 heterocycles. The van der Waals surface area contributed by atoms with Gasteiger partial charge in [0.25, 0.3) is 0 Å². The summed E-state index contributed by atoms with van der Waals surface area (Å²) in [6, 6.07) is 7.90. The SMILES string of the molecule is COc1ccccc1-c1nc2cnccn2c1NC(C)(C)C. The summed E-state index contributed by atoms with van der Waals surface area (Å²) in [5.41, 5.74) is 2.53. The van der Waals surface area contributed by atoms with Gasteiger partial charge >= 0.3 is 0 Å². The zero-order chi connectivity index (χ0) is 15.7. The van der Waals surface area contributed by atoms with Gasteiger partial charge in [0.1, 0.15) is 17.3 Å². The zero-order valence-electron chi connectivity index (χ0n) is 13.3. The quantitative estimate of drug-likeness (QED) is 0.802. The van der Waals surface area contributed by atoms with Crippen LogP contribution in [0.3, 0.4) is 0 Å². The molecule has 0 spiro atoms. The summed E-state index contributed by atoms with van der Waals surface area (Å²) >= 11 is 0. The minimum Gasteiger partial charge on any atom is -0.496 e. The number of hydrogen-bond donors (Lipinski definition) is 1. The molecule has 0 unspecified atom stereocenters. The van der Waals surface area contributed by atoms with Crippen LogP contribution in [0.1, 0.15) is 20.8 Å². The molecule has 0 saturated heterocycles.